The van der Waals surface area contributed by atoms with Gasteiger partial charge in [-0.2, -0.15) is 0 Å². The number of aromatic amines is 1. The van der Waals surface area contributed by atoms with E-state index in [0.717, 1.165) is 29.1 Å². The Morgan fingerprint density at radius 2 is 0.940 bits per heavy atom. The van der Waals surface area contributed by atoms with E-state index >= 15 is 0 Å². The molecule has 0 aliphatic carbocycles. The molecule has 67 heavy (non-hydrogen) atoms. The van der Waals surface area contributed by atoms with Gasteiger partial charge in [-0.1, -0.05) is 211 Å². The molecule has 8 aromatic carbocycles. The lowest BCUT2D eigenvalue weighted by molar-refractivity contribution is 0.762. The van der Waals surface area contributed by atoms with Gasteiger partial charge in [0.1, 0.15) is 5.84 Å². The van der Waals surface area contributed by atoms with E-state index in [9.17, 15) is 0 Å². The Bertz CT molecular complexity index is 3000. The topological polar surface area (TPSA) is 52.5 Å². The SMILES string of the molecule is Cc1cccc(-c2ccc(C)c(-c3ccccc3C)c2)c1.Cc1ccccc1.Cc1ccccc1.Cc1ccccc1-c1ccc(Cc2cc(C3=NC(c4ccccc4)N=CN3)c[nH]2)cc1C. The first kappa shape index (κ1) is 47.2. The van der Waals surface area contributed by atoms with Crippen LogP contribution in [0.1, 0.15) is 67.5 Å². The molecule has 0 bridgehead atoms. The van der Waals surface area contributed by atoms with Crippen LogP contribution in [-0.4, -0.2) is 17.2 Å². The minimum Gasteiger partial charge on any atom is -0.364 e. The number of hydrogen-bond donors (Lipinski definition) is 2. The van der Waals surface area contributed by atoms with Crippen LogP contribution in [0.25, 0.3) is 33.4 Å². The van der Waals surface area contributed by atoms with Gasteiger partial charge in [0.15, 0.2) is 6.17 Å². The molecule has 1 aromatic heterocycles. The van der Waals surface area contributed by atoms with Crippen LogP contribution in [0.4, 0.5) is 0 Å². The molecule has 0 saturated heterocycles. The minimum absolute atomic E-state index is 0.206. The molecule has 4 heteroatoms. The number of rotatable bonds is 7. The van der Waals surface area contributed by atoms with Gasteiger partial charge in [-0.15, -0.1) is 0 Å². The third-order valence-corrected chi connectivity index (χ3v) is 11.8. The zero-order valence-corrected chi connectivity index (χ0v) is 40.0. The summed E-state index contributed by atoms with van der Waals surface area (Å²) in [5, 5.41) is 3.19. The van der Waals surface area contributed by atoms with Crippen molar-refractivity contribution in [3.8, 4) is 33.4 Å². The Morgan fingerprint density at radius 1 is 0.403 bits per heavy atom. The molecule has 2 heterocycles. The summed E-state index contributed by atoms with van der Waals surface area (Å²) in [6.07, 6.45) is 4.39. The lowest BCUT2D eigenvalue weighted by atomic mass is 9.92. The van der Waals surface area contributed by atoms with Crippen molar-refractivity contribution in [2.45, 2.75) is 61.1 Å². The molecule has 0 saturated carbocycles. The predicted octanol–water partition coefficient (Wildman–Crippen LogP) is 15.9. The number of amidine groups is 1. The maximum absolute atomic E-state index is 4.80. The third-order valence-electron chi connectivity index (χ3n) is 11.8. The lowest BCUT2D eigenvalue weighted by Crippen LogP contribution is -2.26. The van der Waals surface area contributed by atoms with E-state index in [-0.39, 0.29) is 6.17 Å². The van der Waals surface area contributed by atoms with E-state index in [2.05, 4.69) is 215 Å². The molecular formula is C63H62N4. The van der Waals surface area contributed by atoms with Crippen LogP contribution in [0.3, 0.4) is 0 Å². The average molecular weight is 875 g/mol. The molecule has 1 atom stereocenters. The van der Waals surface area contributed by atoms with Gasteiger partial charge in [-0.3, -0.25) is 0 Å². The number of aryl methyl sites for hydroxylation is 7. The number of nitrogens with zero attached hydrogens (tertiary/aromatic N) is 2. The number of hydrogen-bond acceptors (Lipinski definition) is 3. The van der Waals surface area contributed by atoms with Crippen LogP contribution in [0, 0.1) is 48.5 Å². The zero-order valence-electron chi connectivity index (χ0n) is 40.0. The second-order valence-corrected chi connectivity index (χ2v) is 17.3. The number of H-pyrrole nitrogens is 1. The Labute approximate surface area is 398 Å². The molecule has 1 aliphatic heterocycles. The van der Waals surface area contributed by atoms with Crippen molar-refractivity contribution in [2.24, 2.45) is 9.98 Å². The van der Waals surface area contributed by atoms with Gasteiger partial charge in [-0.05, 0) is 127 Å². The standard InChI is InChI=1S/C28H26N4.C21H20.2C7H8/c1-19-8-6-7-11-25(19)26-13-12-21(14-20(26)2)15-24-16-23(17-29-24)28-31-18-30-27(32-28)22-9-4-3-5-10-22;1-15-7-6-9-18(13-15)19-12-11-17(3)21(14-19)20-10-5-4-8-16(20)2;2*1-7-5-3-2-4-6-7/h3-14,16-18,27,29H,15H2,1-2H3,(H,30,31,32);4-14H,1-3H3;2*2-6H,1H3. The highest BCUT2D eigenvalue weighted by atomic mass is 15.2. The summed E-state index contributed by atoms with van der Waals surface area (Å²) in [6, 6.07) is 72.2. The van der Waals surface area contributed by atoms with Crippen molar-refractivity contribution in [3.63, 3.8) is 0 Å². The first-order valence-corrected chi connectivity index (χ1v) is 23.1. The second kappa shape index (κ2) is 23.4. The summed E-state index contributed by atoms with van der Waals surface area (Å²) >= 11 is 0. The first-order valence-electron chi connectivity index (χ1n) is 23.1. The summed E-state index contributed by atoms with van der Waals surface area (Å²) in [5.41, 5.74) is 21.6. The smallest absolute Gasteiger partial charge is 0.169 e. The molecular weight excluding hydrogens is 813 g/mol. The van der Waals surface area contributed by atoms with Crippen LogP contribution in [0.15, 0.2) is 222 Å². The van der Waals surface area contributed by atoms with Crippen molar-refractivity contribution in [3.05, 3.63) is 274 Å². The van der Waals surface area contributed by atoms with Crippen molar-refractivity contribution < 1.29 is 0 Å². The van der Waals surface area contributed by atoms with Crippen molar-refractivity contribution in [1.82, 2.24) is 10.3 Å². The summed E-state index contributed by atoms with van der Waals surface area (Å²) in [7, 11) is 0. The Morgan fingerprint density at radius 3 is 1.52 bits per heavy atom. The van der Waals surface area contributed by atoms with Crippen LogP contribution in [0.2, 0.25) is 0 Å². The molecule has 9 aromatic rings. The molecule has 334 valence electrons. The van der Waals surface area contributed by atoms with Gasteiger partial charge >= 0.3 is 0 Å². The third kappa shape index (κ3) is 13.4. The van der Waals surface area contributed by atoms with Crippen LogP contribution >= 0.6 is 0 Å². The number of benzene rings is 8. The minimum atomic E-state index is -0.206. The number of aliphatic imine (C=N–C) groups is 2. The van der Waals surface area contributed by atoms with Crippen LogP contribution < -0.4 is 5.32 Å². The fourth-order valence-electron chi connectivity index (χ4n) is 8.08. The van der Waals surface area contributed by atoms with E-state index < -0.39 is 0 Å². The van der Waals surface area contributed by atoms with Gasteiger partial charge in [-0.25, -0.2) is 9.98 Å². The number of aromatic nitrogens is 1. The largest absolute Gasteiger partial charge is 0.364 e. The van der Waals surface area contributed by atoms with E-state index in [4.69, 9.17) is 4.99 Å². The molecule has 4 nitrogen and oxygen atoms in total. The molecule has 0 radical (unpaired) electrons. The van der Waals surface area contributed by atoms with E-state index in [1.54, 1.807) is 6.34 Å². The first-order chi connectivity index (χ1) is 32.6. The Kier molecular flexibility index (Phi) is 16.5. The summed E-state index contributed by atoms with van der Waals surface area (Å²) in [5.74, 6) is 0.836. The lowest BCUT2D eigenvalue weighted by Gasteiger charge is -2.15. The molecule has 0 fully saturated rings. The summed E-state index contributed by atoms with van der Waals surface area (Å²) < 4.78 is 0. The fraction of sp³-hybridized carbons (Fsp3) is 0.143. The van der Waals surface area contributed by atoms with Gasteiger partial charge in [0.05, 0.1) is 6.34 Å². The van der Waals surface area contributed by atoms with Crippen molar-refractivity contribution >= 4 is 12.2 Å². The number of nitrogens with one attached hydrogen (secondary N) is 2. The van der Waals surface area contributed by atoms with Crippen LogP contribution in [0.5, 0.6) is 0 Å². The summed E-state index contributed by atoms with van der Waals surface area (Å²) in [4.78, 5) is 12.7. The van der Waals surface area contributed by atoms with E-state index in [1.165, 1.54) is 77.9 Å². The maximum Gasteiger partial charge on any atom is 0.169 e. The average Bonchev–Trinajstić information content (AvgIpc) is 3.82. The zero-order chi connectivity index (χ0) is 47.0. The van der Waals surface area contributed by atoms with Gasteiger partial charge in [0.25, 0.3) is 0 Å². The van der Waals surface area contributed by atoms with Gasteiger partial charge in [0.2, 0.25) is 0 Å². The molecule has 1 unspecified atom stereocenters. The predicted molar refractivity (Wildman–Crippen MR) is 286 cm³/mol. The Balaban J connectivity index is 0.000000161. The van der Waals surface area contributed by atoms with E-state index in [0.29, 0.717) is 0 Å². The highest BCUT2D eigenvalue weighted by Crippen LogP contribution is 2.32. The maximum atomic E-state index is 4.80. The normalized spacial score (nSPS) is 12.5. The molecule has 2 N–H and O–H groups in total. The molecule has 0 amide bonds. The molecule has 0 spiro atoms. The Hall–Kier alpha value is -7.82. The quantitative estimate of drug-likeness (QED) is 0.165. The van der Waals surface area contributed by atoms with Gasteiger partial charge < -0.3 is 10.3 Å². The fourth-order valence-corrected chi connectivity index (χ4v) is 8.08. The monoisotopic (exact) mass is 874 g/mol. The second-order valence-electron chi connectivity index (χ2n) is 17.3. The van der Waals surface area contributed by atoms with E-state index in [1.807, 2.05) is 60.8 Å². The van der Waals surface area contributed by atoms with Crippen LogP contribution in [-0.2, 0) is 6.42 Å². The summed E-state index contributed by atoms with van der Waals surface area (Å²) in [6.45, 7) is 15.0. The molecule has 1 aliphatic rings. The van der Waals surface area contributed by atoms with Crippen molar-refractivity contribution in [1.29, 1.82) is 0 Å². The van der Waals surface area contributed by atoms with Gasteiger partial charge in [0, 0.05) is 23.9 Å². The van der Waals surface area contributed by atoms with Crippen molar-refractivity contribution in [2.75, 3.05) is 0 Å². The highest BCUT2D eigenvalue weighted by molar-refractivity contribution is 6.05. The highest BCUT2D eigenvalue weighted by Gasteiger charge is 2.16. The molecule has 10 rings (SSSR count).